The molecule has 0 saturated heterocycles. The summed E-state index contributed by atoms with van der Waals surface area (Å²) in [4.78, 5) is 0. The Morgan fingerprint density at radius 1 is 1.06 bits per heavy atom. The van der Waals surface area contributed by atoms with E-state index >= 15 is 0 Å². The summed E-state index contributed by atoms with van der Waals surface area (Å²) in [5.41, 5.74) is 1.83. The zero-order valence-electron chi connectivity index (χ0n) is 9.41. The molecule has 0 aliphatic carbocycles. The zero-order valence-corrected chi connectivity index (χ0v) is 11.0. The van der Waals surface area contributed by atoms with E-state index in [0.717, 1.165) is 16.9 Å². The predicted octanol–water partition coefficient (Wildman–Crippen LogP) is 4.65. The minimum atomic E-state index is -0.253. The first-order valence-corrected chi connectivity index (χ1v) is 6.18. The van der Waals surface area contributed by atoms with Crippen LogP contribution < -0.4 is 4.74 Å². The number of hydrogen-bond acceptors (Lipinski definition) is 1. The first-order chi connectivity index (χ1) is 8.20. The molecular formula is C14H12BrFO. The Morgan fingerprint density at radius 2 is 1.71 bits per heavy atom. The molecule has 0 bridgehead atoms. The molecule has 2 rings (SSSR count). The summed E-state index contributed by atoms with van der Waals surface area (Å²) >= 11 is 3.14. The van der Waals surface area contributed by atoms with Crippen LogP contribution >= 0.6 is 15.9 Å². The highest BCUT2D eigenvalue weighted by Gasteiger charge is 2.03. The van der Waals surface area contributed by atoms with Gasteiger partial charge < -0.3 is 4.74 Å². The summed E-state index contributed by atoms with van der Waals surface area (Å²) in [7, 11) is 0. The molecule has 0 heterocycles. The SMILES string of the molecule is CCOc1ccc(-c2ccc(Br)c(F)c2)cc1. The summed E-state index contributed by atoms with van der Waals surface area (Å²) in [5, 5.41) is 0. The Labute approximate surface area is 108 Å². The standard InChI is InChI=1S/C14H12BrFO/c1-2-17-12-6-3-10(4-7-12)11-5-8-13(15)14(16)9-11/h3-9H,2H2,1H3. The average Bonchev–Trinajstić information content (AvgIpc) is 2.34. The highest BCUT2D eigenvalue weighted by Crippen LogP contribution is 2.26. The van der Waals surface area contributed by atoms with E-state index in [1.807, 2.05) is 37.3 Å². The fourth-order valence-electron chi connectivity index (χ4n) is 1.59. The van der Waals surface area contributed by atoms with Crippen molar-refractivity contribution in [3.05, 3.63) is 52.8 Å². The van der Waals surface area contributed by atoms with E-state index in [0.29, 0.717) is 11.1 Å². The van der Waals surface area contributed by atoms with Crippen LogP contribution in [0.2, 0.25) is 0 Å². The van der Waals surface area contributed by atoms with Crippen molar-refractivity contribution < 1.29 is 9.13 Å². The van der Waals surface area contributed by atoms with Crippen molar-refractivity contribution in [2.75, 3.05) is 6.61 Å². The lowest BCUT2D eigenvalue weighted by Crippen LogP contribution is -1.90. The molecule has 88 valence electrons. The van der Waals surface area contributed by atoms with Gasteiger partial charge in [0.25, 0.3) is 0 Å². The topological polar surface area (TPSA) is 9.23 Å². The molecule has 0 aliphatic rings. The second-order valence-corrected chi connectivity index (χ2v) is 4.44. The molecule has 2 aromatic rings. The lowest BCUT2D eigenvalue weighted by Gasteiger charge is -2.06. The smallest absolute Gasteiger partial charge is 0.137 e. The molecular weight excluding hydrogens is 283 g/mol. The van der Waals surface area contributed by atoms with Gasteiger partial charge in [0.2, 0.25) is 0 Å². The van der Waals surface area contributed by atoms with Crippen molar-refractivity contribution in [1.29, 1.82) is 0 Å². The Hall–Kier alpha value is -1.35. The minimum Gasteiger partial charge on any atom is -0.494 e. The predicted molar refractivity (Wildman–Crippen MR) is 70.7 cm³/mol. The summed E-state index contributed by atoms with van der Waals surface area (Å²) in [5.74, 6) is 0.574. The number of benzene rings is 2. The largest absolute Gasteiger partial charge is 0.494 e. The maximum atomic E-state index is 13.4. The molecule has 17 heavy (non-hydrogen) atoms. The summed E-state index contributed by atoms with van der Waals surface area (Å²) < 4.78 is 19.2. The van der Waals surface area contributed by atoms with Crippen LogP contribution in [0.1, 0.15) is 6.92 Å². The molecule has 2 aromatic carbocycles. The molecule has 0 fully saturated rings. The van der Waals surface area contributed by atoms with Gasteiger partial charge >= 0.3 is 0 Å². The van der Waals surface area contributed by atoms with Crippen molar-refractivity contribution in [2.45, 2.75) is 6.92 Å². The second-order valence-electron chi connectivity index (χ2n) is 3.59. The number of hydrogen-bond donors (Lipinski definition) is 0. The first kappa shape index (κ1) is 12.1. The third kappa shape index (κ3) is 2.86. The van der Waals surface area contributed by atoms with Gasteiger partial charge in [-0.1, -0.05) is 18.2 Å². The Kier molecular flexibility index (Phi) is 3.79. The second kappa shape index (κ2) is 5.32. The van der Waals surface area contributed by atoms with E-state index in [2.05, 4.69) is 15.9 Å². The van der Waals surface area contributed by atoms with Crippen LogP contribution in [-0.4, -0.2) is 6.61 Å². The average molecular weight is 295 g/mol. The van der Waals surface area contributed by atoms with Gasteiger partial charge in [-0.2, -0.15) is 0 Å². The van der Waals surface area contributed by atoms with Gasteiger partial charge in [-0.05, 0) is 58.2 Å². The van der Waals surface area contributed by atoms with Gasteiger partial charge in [0.05, 0.1) is 11.1 Å². The summed E-state index contributed by atoms with van der Waals surface area (Å²) in [6.07, 6.45) is 0. The molecule has 0 spiro atoms. The fraction of sp³-hybridized carbons (Fsp3) is 0.143. The quantitative estimate of drug-likeness (QED) is 0.800. The molecule has 0 aromatic heterocycles. The molecule has 0 amide bonds. The van der Waals surface area contributed by atoms with Crippen LogP contribution in [0.4, 0.5) is 4.39 Å². The van der Waals surface area contributed by atoms with Crippen LogP contribution in [0.25, 0.3) is 11.1 Å². The van der Waals surface area contributed by atoms with Gasteiger partial charge in [0.15, 0.2) is 0 Å². The molecule has 0 N–H and O–H groups in total. The van der Waals surface area contributed by atoms with E-state index in [1.54, 1.807) is 6.07 Å². The normalized spacial score (nSPS) is 10.3. The van der Waals surface area contributed by atoms with Gasteiger partial charge in [0, 0.05) is 0 Å². The summed E-state index contributed by atoms with van der Waals surface area (Å²) in [6, 6.07) is 12.7. The molecule has 3 heteroatoms. The third-order valence-electron chi connectivity index (χ3n) is 2.42. The number of halogens is 2. The van der Waals surface area contributed by atoms with E-state index in [-0.39, 0.29) is 5.82 Å². The monoisotopic (exact) mass is 294 g/mol. The van der Waals surface area contributed by atoms with Crippen LogP contribution in [0.3, 0.4) is 0 Å². The Morgan fingerprint density at radius 3 is 2.29 bits per heavy atom. The van der Waals surface area contributed by atoms with Crippen molar-refractivity contribution in [2.24, 2.45) is 0 Å². The van der Waals surface area contributed by atoms with Crippen molar-refractivity contribution >= 4 is 15.9 Å². The fourth-order valence-corrected chi connectivity index (χ4v) is 1.83. The number of ether oxygens (including phenoxy) is 1. The Bertz CT molecular complexity index is 508. The van der Waals surface area contributed by atoms with E-state index in [1.165, 1.54) is 6.07 Å². The highest BCUT2D eigenvalue weighted by molar-refractivity contribution is 9.10. The third-order valence-corrected chi connectivity index (χ3v) is 3.06. The number of rotatable bonds is 3. The molecule has 0 saturated carbocycles. The van der Waals surface area contributed by atoms with Gasteiger partial charge in [-0.15, -0.1) is 0 Å². The maximum absolute atomic E-state index is 13.4. The first-order valence-electron chi connectivity index (χ1n) is 5.39. The zero-order chi connectivity index (χ0) is 12.3. The highest BCUT2D eigenvalue weighted by atomic mass is 79.9. The minimum absolute atomic E-state index is 0.253. The molecule has 0 atom stereocenters. The van der Waals surface area contributed by atoms with Gasteiger partial charge in [-0.3, -0.25) is 0 Å². The Balaban J connectivity index is 2.30. The molecule has 0 unspecified atom stereocenters. The van der Waals surface area contributed by atoms with Crippen LogP contribution in [0.5, 0.6) is 5.75 Å². The molecule has 0 aliphatic heterocycles. The van der Waals surface area contributed by atoms with Crippen molar-refractivity contribution in [3.8, 4) is 16.9 Å². The van der Waals surface area contributed by atoms with Crippen LogP contribution in [0, 0.1) is 5.82 Å². The van der Waals surface area contributed by atoms with E-state index < -0.39 is 0 Å². The van der Waals surface area contributed by atoms with E-state index in [4.69, 9.17) is 4.74 Å². The van der Waals surface area contributed by atoms with Crippen molar-refractivity contribution in [3.63, 3.8) is 0 Å². The van der Waals surface area contributed by atoms with Gasteiger partial charge in [-0.25, -0.2) is 4.39 Å². The lowest BCUT2D eigenvalue weighted by molar-refractivity contribution is 0.340. The summed E-state index contributed by atoms with van der Waals surface area (Å²) in [6.45, 7) is 2.59. The molecule has 1 nitrogen and oxygen atoms in total. The van der Waals surface area contributed by atoms with Crippen LogP contribution in [0.15, 0.2) is 46.9 Å². The maximum Gasteiger partial charge on any atom is 0.137 e. The lowest BCUT2D eigenvalue weighted by atomic mass is 10.1. The van der Waals surface area contributed by atoms with Crippen molar-refractivity contribution in [1.82, 2.24) is 0 Å². The van der Waals surface area contributed by atoms with Crippen LogP contribution in [-0.2, 0) is 0 Å². The molecule has 0 radical (unpaired) electrons. The van der Waals surface area contributed by atoms with E-state index in [9.17, 15) is 4.39 Å². The van der Waals surface area contributed by atoms with Gasteiger partial charge in [0.1, 0.15) is 11.6 Å².